The van der Waals surface area contributed by atoms with Crippen molar-refractivity contribution in [2.45, 2.75) is 71.4 Å². The molecule has 0 saturated carbocycles. The quantitative estimate of drug-likeness (QED) is 0.329. The third-order valence-corrected chi connectivity index (χ3v) is 5.09. The van der Waals surface area contributed by atoms with Crippen LogP contribution in [0.1, 0.15) is 74.2 Å². The van der Waals surface area contributed by atoms with Crippen molar-refractivity contribution in [1.82, 2.24) is 10.6 Å². The summed E-state index contributed by atoms with van der Waals surface area (Å²) in [7, 11) is 0. The van der Waals surface area contributed by atoms with E-state index in [2.05, 4.69) is 17.6 Å². The van der Waals surface area contributed by atoms with Crippen molar-refractivity contribution in [3.63, 3.8) is 0 Å². The van der Waals surface area contributed by atoms with Gasteiger partial charge in [-0.2, -0.15) is 4.57 Å². The molecule has 0 aliphatic rings. The predicted octanol–water partition coefficient (Wildman–Crippen LogP) is 4.58. The third-order valence-electron chi connectivity index (χ3n) is 5.09. The fraction of sp³-hybridized carbons (Fsp3) is 0.480. The molecule has 0 aliphatic heterocycles. The van der Waals surface area contributed by atoms with Crippen molar-refractivity contribution in [2.75, 3.05) is 6.54 Å². The van der Waals surface area contributed by atoms with Gasteiger partial charge in [0.15, 0.2) is 12.4 Å². The summed E-state index contributed by atoms with van der Waals surface area (Å²) in [4.78, 5) is 24.6. The second kappa shape index (κ2) is 16.3. The van der Waals surface area contributed by atoms with Gasteiger partial charge in [0.1, 0.15) is 5.56 Å². The Morgan fingerprint density at radius 2 is 1.52 bits per heavy atom. The Hall–Kier alpha value is -2.40. The molecule has 2 aromatic rings. The maximum atomic E-state index is 12.4. The van der Waals surface area contributed by atoms with E-state index in [0.717, 1.165) is 18.4 Å². The van der Waals surface area contributed by atoms with Crippen LogP contribution in [0.4, 0.5) is 0 Å². The number of hydrogen-bond acceptors (Lipinski definition) is 2. The van der Waals surface area contributed by atoms with Crippen LogP contribution in [-0.2, 0) is 17.9 Å². The molecule has 0 unspecified atom stereocenters. The molecule has 6 heteroatoms. The number of pyridine rings is 1. The number of carbonyl (C=O) groups excluding carboxylic acids is 2. The number of rotatable bonds is 14. The first-order valence-corrected chi connectivity index (χ1v) is 11.3. The molecule has 2 rings (SSSR count). The first-order valence-electron chi connectivity index (χ1n) is 11.3. The van der Waals surface area contributed by atoms with Crippen LogP contribution in [0, 0.1) is 0 Å². The van der Waals surface area contributed by atoms with Crippen LogP contribution < -0.4 is 15.2 Å². The van der Waals surface area contributed by atoms with Gasteiger partial charge in [-0.3, -0.25) is 9.59 Å². The number of benzene rings is 1. The molecular weight excluding hydrogens is 410 g/mol. The standard InChI is InChI=1S/C25H35N3O2.ClH/c1-2-3-4-5-6-7-8-12-17-26-24(29)21-28-18-13-16-23(20-28)25(30)27-19-22-14-10-9-11-15-22;/h9-11,13-16,18,20H,2-8,12,17,19,21H2,1H3,(H-,26,27,29,30);1H/p+1. The number of aromatic nitrogens is 1. The summed E-state index contributed by atoms with van der Waals surface area (Å²) >= 11 is 0. The Bertz CT molecular complexity index is 768. The molecule has 0 atom stereocenters. The summed E-state index contributed by atoms with van der Waals surface area (Å²) in [5.74, 6) is -0.169. The van der Waals surface area contributed by atoms with Crippen molar-refractivity contribution >= 4 is 24.2 Å². The minimum atomic E-state index is -0.146. The average molecular weight is 447 g/mol. The Morgan fingerprint density at radius 3 is 2.23 bits per heavy atom. The van der Waals surface area contributed by atoms with E-state index in [1.165, 1.54) is 38.5 Å². The van der Waals surface area contributed by atoms with E-state index in [-0.39, 0.29) is 30.8 Å². The van der Waals surface area contributed by atoms with E-state index in [1.54, 1.807) is 22.9 Å². The Balaban J connectivity index is 0.00000480. The lowest BCUT2D eigenvalue weighted by molar-refractivity contribution is -0.684. The van der Waals surface area contributed by atoms with Gasteiger partial charge in [0.25, 0.3) is 11.8 Å². The molecule has 0 aliphatic carbocycles. The highest BCUT2D eigenvalue weighted by Gasteiger charge is 2.13. The van der Waals surface area contributed by atoms with Crippen LogP contribution >= 0.6 is 12.4 Å². The summed E-state index contributed by atoms with van der Waals surface area (Å²) in [6.45, 7) is 3.65. The highest BCUT2D eigenvalue weighted by molar-refractivity contribution is 5.93. The lowest BCUT2D eigenvalue weighted by atomic mass is 10.1. The molecule has 1 aromatic heterocycles. The molecule has 170 valence electrons. The molecule has 0 spiro atoms. The Labute approximate surface area is 193 Å². The number of hydrogen-bond donors (Lipinski definition) is 2. The maximum absolute atomic E-state index is 12.4. The highest BCUT2D eigenvalue weighted by atomic mass is 35.5. The van der Waals surface area contributed by atoms with Crippen molar-refractivity contribution in [1.29, 1.82) is 0 Å². The predicted molar refractivity (Wildman–Crippen MR) is 127 cm³/mol. The molecule has 31 heavy (non-hydrogen) atoms. The zero-order valence-electron chi connectivity index (χ0n) is 18.6. The monoisotopic (exact) mass is 446 g/mol. The van der Waals surface area contributed by atoms with Crippen LogP contribution in [0.15, 0.2) is 54.9 Å². The highest BCUT2D eigenvalue weighted by Crippen LogP contribution is 2.07. The van der Waals surface area contributed by atoms with E-state index in [0.29, 0.717) is 18.7 Å². The number of nitrogens with one attached hydrogen (secondary N) is 2. The van der Waals surface area contributed by atoms with E-state index in [1.807, 2.05) is 36.5 Å². The zero-order valence-corrected chi connectivity index (χ0v) is 19.5. The summed E-state index contributed by atoms with van der Waals surface area (Å²) in [5.41, 5.74) is 1.60. The van der Waals surface area contributed by atoms with Crippen molar-refractivity contribution in [3.8, 4) is 0 Å². The number of amides is 2. The molecule has 5 nitrogen and oxygen atoms in total. The first-order chi connectivity index (χ1) is 14.7. The SMILES string of the molecule is CCCCCCCCCCNC(=O)C[n+]1cccc(C(=O)NCc2ccccc2)c1.Cl. The molecular formula is C25H37ClN3O2+. The van der Waals surface area contributed by atoms with Gasteiger partial charge in [-0.05, 0) is 18.1 Å². The molecule has 0 fully saturated rings. The van der Waals surface area contributed by atoms with Gasteiger partial charge in [0, 0.05) is 19.2 Å². The minimum Gasteiger partial charge on any atom is -0.351 e. The van der Waals surface area contributed by atoms with Gasteiger partial charge in [-0.15, -0.1) is 12.4 Å². The summed E-state index contributed by atoms with van der Waals surface area (Å²) in [5, 5.41) is 5.89. The fourth-order valence-electron chi connectivity index (χ4n) is 3.34. The van der Waals surface area contributed by atoms with Gasteiger partial charge < -0.3 is 10.6 Å². The maximum Gasteiger partial charge on any atom is 0.285 e. The summed E-state index contributed by atoms with van der Waals surface area (Å²) in [6.07, 6.45) is 13.5. The van der Waals surface area contributed by atoms with Gasteiger partial charge in [-0.25, -0.2) is 0 Å². The molecule has 1 aromatic carbocycles. The Kier molecular flexibility index (Phi) is 14.0. The normalized spacial score (nSPS) is 10.2. The van der Waals surface area contributed by atoms with E-state index >= 15 is 0 Å². The molecule has 0 bridgehead atoms. The van der Waals surface area contributed by atoms with Crippen molar-refractivity contribution in [2.24, 2.45) is 0 Å². The molecule has 0 radical (unpaired) electrons. The summed E-state index contributed by atoms with van der Waals surface area (Å²) < 4.78 is 1.75. The fourth-order valence-corrected chi connectivity index (χ4v) is 3.34. The van der Waals surface area contributed by atoms with Crippen LogP contribution in [0.5, 0.6) is 0 Å². The lowest BCUT2D eigenvalue weighted by Gasteiger charge is -2.06. The topological polar surface area (TPSA) is 62.1 Å². The van der Waals surface area contributed by atoms with E-state index < -0.39 is 0 Å². The number of unbranched alkanes of at least 4 members (excludes halogenated alkanes) is 7. The number of carbonyl (C=O) groups is 2. The van der Waals surface area contributed by atoms with Gasteiger partial charge >= 0.3 is 0 Å². The second-order valence-electron chi connectivity index (χ2n) is 7.76. The molecule has 0 saturated heterocycles. The molecule has 2 N–H and O–H groups in total. The minimum absolute atomic E-state index is 0. The van der Waals surface area contributed by atoms with Crippen LogP contribution in [0.3, 0.4) is 0 Å². The van der Waals surface area contributed by atoms with Crippen molar-refractivity contribution < 1.29 is 14.2 Å². The third kappa shape index (κ3) is 11.5. The number of nitrogens with zero attached hydrogens (tertiary/aromatic N) is 1. The lowest BCUT2D eigenvalue weighted by Crippen LogP contribution is -2.43. The average Bonchev–Trinajstić information content (AvgIpc) is 2.77. The largest absolute Gasteiger partial charge is 0.351 e. The van der Waals surface area contributed by atoms with Gasteiger partial charge in [-0.1, -0.05) is 82.2 Å². The zero-order chi connectivity index (χ0) is 21.4. The van der Waals surface area contributed by atoms with Crippen LogP contribution in [-0.4, -0.2) is 18.4 Å². The smallest absolute Gasteiger partial charge is 0.285 e. The Morgan fingerprint density at radius 1 is 0.839 bits per heavy atom. The summed E-state index contributed by atoms with van der Waals surface area (Å²) in [6, 6.07) is 13.3. The van der Waals surface area contributed by atoms with Gasteiger partial charge in [0.05, 0.1) is 0 Å². The molecule has 1 heterocycles. The van der Waals surface area contributed by atoms with E-state index in [9.17, 15) is 9.59 Å². The number of halogens is 1. The van der Waals surface area contributed by atoms with Gasteiger partial charge in [0.2, 0.25) is 6.54 Å². The van der Waals surface area contributed by atoms with E-state index in [4.69, 9.17) is 0 Å². The van der Waals surface area contributed by atoms with Crippen LogP contribution in [0.2, 0.25) is 0 Å². The van der Waals surface area contributed by atoms with Crippen molar-refractivity contribution in [3.05, 3.63) is 66.0 Å². The van der Waals surface area contributed by atoms with Crippen LogP contribution in [0.25, 0.3) is 0 Å². The molecule has 2 amide bonds. The first kappa shape index (κ1) is 26.6. The second-order valence-corrected chi connectivity index (χ2v) is 7.76.